The van der Waals surface area contributed by atoms with Gasteiger partial charge >= 0.3 is 0 Å². The lowest BCUT2D eigenvalue weighted by Crippen LogP contribution is -2.44. The predicted octanol–water partition coefficient (Wildman–Crippen LogP) is 2.17. The average Bonchev–Trinajstić information content (AvgIpc) is 2.28. The number of rotatable bonds is 2. The summed E-state index contributed by atoms with van der Waals surface area (Å²) in [7, 11) is 0. The van der Waals surface area contributed by atoms with Gasteiger partial charge in [-0.3, -0.25) is 4.90 Å². The first kappa shape index (κ1) is 12.1. The molecule has 1 aromatic carbocycles. The summed E-state index contributed by atoms with van der Waals surface area (Å²) < 4.78 is 5.70. The van der Waals surface area contributed by atoms with Crippen molar-refractivity contribution in [1.82, 2.24) is 4.90 Å². The van der Waals surface area contributed by atoms with Crippen LogP contribution < -0.4 is 0 Å². The van der Waals surface area contributed by atoms with E-state index in [1.54, 1.807) is 0 Å². The van der Waals surface area contributed by atoms with E-state index < -0.39 is 0 Å². The van der Waals surface area contributed by atoms with Crippen LogP contribution in [0.2, 0.25) is 0 Å². The van der Waals surface area contributed by atoms with Crippen molar-refractivity contribution in [2.45, 2.75) is 32.6 Å². The van der Waals surface area contributed by atoms with Gasteiger partial charge in [0.25, 0.3) is 0 Å². The lowest BCUT2D eigenvalue weighted by Gasteiger charge is -2.35. The van der Waals surface area contributed by atoms with Crippen molar-refractivity contribution in [1.29, 1.82) is 5.26 Å². The van der Waals surface area contributed by atoms with Crippen LogP contribution in [0.5, 0.6) is 0 Å². The van der Waals surface area contributed by atoms with E-state index >= 15 is 0 Å². The van der Waals surface area contributed by atoms with E-state index in [0.717, 1.165) is 25.2 Å². The van der Waals surface area contributed by atoms with Crippen molar-refractivity contribution >= 4 is 0 Å². The molecule has 1 heterocycles. The van der Waals surface area contributed by atoms with Crippen LogP contribution in [0, 0.1) is 11.3 Å². The molecule has 0 bridgehead atoms. The number of hydrogen-bond acceptors (Lipinski definition) is 3. The second-order valence-corrected chi connectivity index (χ2v) is 4.76. The van der Waals surface area contributed by atoms with Crippen molar-refractivity contribution in [2.75, 3.05) is 13.1 Å². The highest BCUT2D eigenvalue weighted by Gasteiger charge is 2.21. The molecule has 1 aromatic rings. The molecular weight excluding hydrogens is 212 g/mol. The minimum Gasteiger partial charge on any atom is -0.373 e. The van der Waals surface area contributed by atoms with E-state index in [2.05, 4.69) is 30.9 Å². The number of benzene rings is 1. The Balaban J connectivity index is 2.02. The minimum absolute atomic E-state index is 0.290. The number of ether oxygens (including phenoxy) is 1. The molecule has 1 aliphatic rings. The molecule has 1 saturated heterocycles. The maximum Gasteiger partial charge on any atom is 0.0991 e. The molecular formula is C14H18N2O. The molecule has 2 atom stereocenters. The van der Waals surface area contributed by atoms with Crippen molar-refractivity contribution in [3.8, 4) is 6.07 Å². The maximum atomic E-state index is 8.87. The first-order valence-corrected chi connectivity index (χ1v) is 6.04. The molecule has 90 valence electrons. The van der Waals surface area contributed by atoms with E-state index in [0.29, 0.717) is 0 Å². The molecule has 0 saturated carbocycles. The van der Waals surface area contributed by atoms with Gasteiger partial charge in [-0.15, -0.1) is 0 Å². The molecule has 0 aliphatic carbocycles. The Kier molecular flexibility index (Phi) is 3.78. The Morgan fingerprint density at radius 3 is 2.71 bits per heavy atom. The molecule has 17 heavy (non-hydrogen) atoms. The average molecular weight is 230 g/mol. The lowest BCUT2D eigenvalue weighted by molar-refractivity contribution is -0.0704. The third-order valence-electron chi connectivity index (χ3n) is 2.96. The molecule has 0 amide bonds. The molecule has 0 radical (unpaired) electrons. The highest BCUT2D eigenvalue weighted by Crippen LogP contribution is 2.14. The number of hydrogen-bond donors (Lipinski definition) is 0. The zero-order valence-corrected chi connectivity index (χ0v) is 10.4. The second kappa shape index (κ2) is 5.31. The molecule has 0 spiro atoms. The molecule has 0 unspecified atom stereocenters. The molecule has 0 aromatic heterocycles. The molecule has 0 N–H and O–H groups in total. The van der Waals surface area contributed by atoms with Crippen LogP contribution in [0.1, 0.15) is 25.0 Å². The summed E-state index contributed by atoms with van der Waals surface area (Å²) in [6.45, 7) is 7.03. The molecule has 3 heteroatoms. The Labute approximate surface area is 103 Å². The van der Waals surface area contributed by atoms with Gasteiger partial charge in [-0.1, -0.05) is 12.1 Å². The van der Waals surface area contributed by atoms with Crippen LogP contribution in [-0.2, 0) is 11.3 Å². The third kappa shape index (κ3) is 3.29. The fourth-order valence-electron chi connectivity index (χ4n) is 2.41. The molecule has 1 aliphatic heterocycles. The molecule has 3 nitrogen and oxygen atoms in total. The molecule has 2 rings (SSSR count). The van der Waals surface area contributed by atoms with Crippen LogP contribution in [0.25, 0.3) is 0 Å². The van der Waals surface area contributed by atoms with Gasteiger partial charge in [0.2, 0.25) is 0 Å². The SMILES string of the molecule is C[C@@H]1CN(Cc2cccc(C#N)c2)C[C@@H](C)O1. The number of morpholine rings is 1. The van der Waals surface area contributed by atoms with Gasteiger partial charge in [0.05, 0.1) is 23.8 Å². The van der Waals surface area contributed by atoms with Gasteiger partial charge in [-0.25, -0.2) is 0 Å². The Morgan fingerprint density at radius 1 is 1.35 bits per heavy atom. The van der Waals surface area contributed by atoms with Gasteiger partial charge in [0.15, 0.2) is 0 Å². The number of nitriles is 1. The minimum atomic E-state index is 0.290. The summed E-state index contributed by atoms with van der Waals surface area (Å²) >= 11 is 0. The van der Waals surface area contributed by atoms with Crippen LogP contribution in [0.15, 0.2) is 24.3 Å². The predicted molar refractivity (Wildman–Crippen MR) is 66.4 cm³/mol. The van der Waals surface area contributed by atoms with E-state index in [-0.39, 0.29) is 12.2 Å². The van der Waals surface area contributed by atoms with Crippen LogP contribution >= 0.6 is 0 Å². The number of nitrogens with zero attached hydrogens (tertiary/aromatic N) is 2. The second-order valence-electron chi connectivity index (χ2n) is 4.76. The standard InChI is InChI=1S/C14H18N2O/c1-11-8-16(9-12(2)17-11)10-14-5-3-4-13(6-14)7-15/h3-6,11-12H,8-10H2,1-2H3/t11-,12-/m1/s1. The van der Waals surface area contributed by atoms with Crippen LogP contribution in [0.4, 0.5) is 0 Å². The van der Waals surface area contributed by atoms with Gasteiger partial charge < -0.3 is 4.74 Å². The monoisotopic (exact) mass is 230 g/mol. The van der Waals surface area contributed by atoms with Crippen LogP contribution in [0.3, 0.4) is 0 Å². The van der Waals surface area contributed by atoms with Crippen molar-refractivity contribution < 1.29 is 4.74 Å². The topological polar surface area (TPSA) is 36.3 Å². The highest BCUT2D eigenvalue weighted by molar-refractivity contribution is 5.32. The fourth-order valence-corrected chi connectivity index (χ4v) is 2.41. The normalized spacial score (nSPS) is 25.5. The Bertz CT molecular complexity index is 414. The summed E-state index contributed by atoms with van der Waals surface area (Å²) in [5, 5.41) is 8.87. The highest BCUT2D eigenvalue weighted by atomic mass is 16.5. The zero-order chi connectivity index (χ0) is 12.3. The summed E-state index contributed by atoms with van der Waals surface area (Å²) in [4.78, 5) is 2.38. The van der Waals surface area contributed by atoms with Crippen molar-refractivity contribution in [3.63, 3.8) is 0 Å². The smallest absolute Gasteiger partial charge is 0.0991 e. The quantitative estimate of drug-likeness (QED) is 0.781. The van der Waals surface area contributed by atoms with Gasteiger partial charge in [0.1, 0.15) is 0 Å². The summed E-state index contributed by atoms with van der Waals surface area (Å²) in [5.41, 5.74) is 1.93. The van der Waals surface area contributed by atoms with E-state index in [1.807, 2.05) is 18.2 Å². The molecule has 1 fully saturated rings. The Morgan fingerprint density at radius 2 is 2.06 bits per heavy atom. The van der Waals surface area contributed by atoms with E-state index in [9.17, 15) is 0 Å². The van der Waals surface area contributed by atoms with Gasteiger partial charge in [-0.05, 0) is 31.5 Å². The van der Waals surface area contributed by atoms with Crippen LogP contribution in [-0.4, -0.2) is 30.2 Å². The lowest BCUT2D eigenvalue weighted by atomic mass is 10.1. The zero-order valence-electron chi connectivity index (χ0n) is 10.4. The summed E-state index contributed by atoms with van der Waals surface area (Å²) in [6, 6.07) is 10.0. The largest absolute Gasteiger partial charge is 0.373 e. The summed E-state index contributed by atoms with van der Waals surface area (Å²) in [5.74, 6) is 0. The Hall–Kier alpha value is -1.37. The van der Waals surface area contributed by atoms with E-state index in [1.165, 1.54) is 5.56 Å². The summed E-state index contributed by atoms with van der Waals surface area (Å²) in [6.07, 6.45) is 0.579. The first-order chi connectivity index (χ1) is 8.17. The third-order valence-corrected chi connectivity index (χ3v) is 2.96. The van der Waals surface area contributed by atoms with E-state index in [4.69, 9.17) is 10.00 Å². The first-order valence-electron chi connectivity index (χ1n) is 6.04. The maximum absolute atomic E-state index is 8.87. The van der Waals surface area contributed by atoms with Gasteiger partial charge in [0, 0.05) is 19.6 Å². The van der Waals surface area contributed by atoms with Crippen molar-refractivity contribution in [3.05, 3.63) is 35.4 Å². The van der Waals surface area contributed by atoms with Gasteiger partial charge in [-0.2, -0.15) is 5.26 Å². The van der Waals surface area contributed by atoms with Crippen molar-refractivity contribution in [2.24, 2.45) is 0 Å². The fraction of sp³-hybridized carbons (Fsp3) is 0.500.